The molecule has 0 radical (unpaired) electrons. The second-order valence-electron chi connectivity index (χ2n) is 6.72. The van der Waals surface area contributed by atoms with Crippen LogP contribution in [-0.2, 0) is 7.05 Å². The molecule has 0 unspecified atom stereocenters. The summed E-state index contributed by atoms with van der Waals surface area (Å²) < 4.78 is 1.86. The number of amides is 1. The van der Waals surface area contributed by atoms with Crippen molar-refractivity contribution in [3.8, 4) is 11.3 Å². The Kier molecular flexibility index (Phi) is 5.72. The predicted molar refractivity (Wildman–Crippen MR) is 124 cm³/mol. The summed E-state index contributed by atoms with van der Waals surface area (Å²) in [5.74, 6) is 1.07. The van der Waals surface area contributed by atoms with Gasteiger partial charge < -0.3 is 20.9 Å². The molecule has 0 aliphatic heterocycles. The molecule has 0 atom stereocenters. The van der Waals surface area contributed by atoms with E-state index in [1.807, 2.05) is 35.9 Å². The highest BCUT2D eigenvalue weighted by Crippen LogP contribution is 2.32. The first kappa shape index (κ1) is 20.6. The van der Waals surface area contributed by atoms with Crippen LogP contribution in [-0.4, -0.2) is 43.2 Å². The van der Waals surface area contributed by atoms with Gasteiger partial charge in [-0.1, -0.05) is 6.92 Å². The Morgan fingerprint density at radius 1 is 1.16 bits per heavy atom. The van der Waals surface area contributed by atoms with E-state index in [4.69, 9.17) is 5.73 Å². The van der Waals surface area contributed by atoms with Crippen LogP contribution in [0, 0.1) is 0 Å². The van der Waals surface area contributed by atoms with E-state index in [0.29, 0.717) is 22.6 Å². The van der Waals surface area contributed by atoms with Crippen LogP contribution in [0.3, 0.4) is 0 Å². The number of nitrogens with zero attached hydrogens (tertiary/aromatic N) is 5. The van der Waals surface area contributed by atoms with E-state index >= 15 is 0 Å². The Balaban J connectivity index is 1.80. The second kappa shape index (κ2) is 8.60. The summed E-state index contributed by atoms with van der Waals surface area (Å²) >= 11 is 1.75. The molecule has 4 N–H and O–H groups in total. The number of hydrogen-bond donors (Lipinski definition) is 3. The summed E-state index contributed by atoms with van der Waals surface area (Å²) in [6.45, 7) is 2.10. The number of carbonyl (C=O) groups is 1. The number of benzene rings is 1. The van der Waals surface area contributed by atoms with Crippen molar-refractivity contribution in [1.29, 1.82) is 0 Å². The number of nitrogens with two attached hydrogens (primary N) is 1. The number of carbonyl (C=O) groups excluding carboxylic acids is 1. The number of aryl methyl sites for hydroxylation is 1. The Bertz CT molecular complexity index is 1250. The molecule has 1 amide bonds. The number of imidazole rings is 1. The number of anilines is 3. The fourth-order valence-corrected chi connectivity index (χ4v) is 3.87. The highest BCUT2D eigenvalue weighted by molar-refractivity contribution is 7.99. The maximum absolute atomic E-state index is 12.2. The van der Waals surface area contributed by atoms with E-state index in [0.717, 1.165) is 21.9 Å². The van der Waals surface area contributed by atoms with Crippen molar-refractivity contribution < 1.29 is 4.79 Å². The molecule has 0 fully saturated rings. The van der Waals surface area contributed by atoms with Gasteiger partial charge in [0.2, 0.25) is 0 Å². The molecule has 31 heavy (non-hydrogen) atoms. The summed E-state index contributed by atoms with van der Waals surface area (Å²) in [5, 5.41) is 6.21. The molecule has 0 aliphatic rings. The van der Waals surface area contributed by atoms with Crippen LogP contribution in [0.5, 0.6) is 0 Å². The number of fused-ring (bicyclic) bond motifs is 1. The van der Waals surface area contributed by atoms with Crippen molar-refractivity contribution in [2.75, 3.05) is 23.4 Å². The lowest BCUT2D eigenvalue weighted by Crippen LogP contribution is -2.18. The lowest BCUT2D eigenvalue weighted by molar-refractivity contribution is 0.0996. The van der Waals surface area contributed by atoms with Crippen LogP contribution in [0.25, 0.3) is 22.3 Å². The van der Waals surface area contributed by atoms with Crippen LogP contribution < -0.4 is 16.4 Å². The summed E-state index contributed by atoms with van der Waals surface area (Å²) in [5.41, 5.74) is 9.12. The zero-order valence-corrected chi connectivity index (χ0v) is 18.2. The van der Waals surface area contributed by atoms with Crippen LogP contribution in [0.4, 0.5) is 17.3 Å². The summed E-state index contributed by atoms with van der Waals surface area (Å²) in [7, 11) is 3.63. The Morgan fingerprint density at radius 3 is 2.61 bits per heavy atom. The first-order valence-corrected chi connectivity index (χ1v) is 10.6. The van der Waals surface area contributed by atoms with Crippen molar-refractivity contribution in [2.24, 2.45) is 12.8 Å². The van der Waals surface area contributed by atoms with Gasteiger partial charge in [-0.25, -0.2) is 15.0 Å². The Labute approximate surface area is 183 Å². The first-order valence-electron chi connectivity index (χ1n) is 9.66. The van der Waals surface area contributed by atoms with Gasteiger partial charge in [0, 0.05) is 30.9 Å². The summed E-state index contributed by atoms with van der Waals surface area (Å²) in [6, 6.07) is 7.87. The number of hydrogen-bond acceptors (Lipinski definition) is 8. The minimum atomic E-state index is -0.682. The van der Waals surface area contributed by atoms with Gasteiger partial charge in [0.15, 0.2) is 17.3 Å². The number of nitrogens with one attached hydrogen (secondary N) is 2. The molecule has 158 valence electrons. The Hall–Kier alpha value is -3.66. The molecule has 4 aromatic rings. The highest BCUT2D eigenvalue weighted by Gasteiger charge is 2.21. The van der Waals surface area contributed by atoms with Crippen LogP contribution in [0.1, 0.15) is 17.4 Å². The lowest BCUT2D eigenvalue weighted by Gasteiger charge is -2.14. The molecule has 0 spiro atoms. The third-order valence-corrected chi connectivity index (χ3v) is 5.58. The zero-order valence-electron chi connectivity index (χ0n) is 17.4. The normalized spacial score (nSPS) is 10.9. The van der Waals surface area contributed by atoms with E-state index in [1.54, 1.807) is 37.5 Å². The fraction of sp³-hybridized carbons (Fsp3) is 0.190. The van der Waals surface area contributed by atoms with Gasteiger partial charge >= 0.3 is 0 Å². The van der Waals surface area contributed by atoms with Gasteiger partial charge in [0.05, 0.1) is 23.6 Å². The van der Waals surface area contributed by atoms with E-state index in [2.05, 4.69) is 37.5 Å². The molecule has 3 heterocycles. The molecule has 0 saturated heterocycles. The standard InChI is InChI=1S/C21H22N8OS/c1-4-31-13-7-5-12(6-8-13)26-21-18(19(22)30)27-17(20(23-2)28-21)14-9-24-10-15-16(14)25-11-29(15)3/h5-11H,4H2,1-3H3,(H2,22,30)(H2,23,26,28). The van der Waals surface area contributed by atoms with Gasteiger partial charge in [0.25, 0.3) is 5.91 Å². The molecule has 1 aromatic carbocycles. The quantitative estimate of drug-likeness (QED) is 0.378. The molecule has 10 heteroatoms. The monoisotopic (exact) mass is 434 g/mol. The number of thioether (sulfide) groups is 1. The molecule has 3 aromatic heterocycles. The second-order valence-corrected chi connectivity index (χ2v) is 8.06. The Morgan fingerprint density at radius 2 is 1.94 bits per heavy atom. The maximum atomic E-state index is 12.2. The molecular weight excluding hydrogens is 412 g/mol. The average Bonchev–Trinajstić information content (AvgIpc) is 3.16. The van der Waals surface area contributed by atoms with Gasteiger partial charge in [-0.2, -0.15) is 0 Å². The number of pyridine rings is 1. The third kappa shape index (κ3) is 4.02. The minimum Gasteiger partial charge on any atom is -0.371 e. The van der Waals surface area contributed by atoms with Gasteiger partial charge in [0.1, 0.15) is 11.2 Å². The van der Waals surface area contributed by atoms with E-state index < -0.39 is 5.91 Å². The SMILES string of the molecule is CCSc1ccc(Nc2nc(NC)c(-c3cncc4c3ncn4C)nc2C(N)=O)cc1. The number of primary amides is 1. The van der Waals surface area contributed by atoms with Crippen molar-refractivity contribution >= 4 is 46.0 Å². The van der Waals surface area contributed by atoms with Gasteiger partial charge in [-0.3, -0.25) is 9.78 Å². The predicted octanol–water partition coefficient (Wildman–Crippen LogP) is 3.42. The largest absolute Gasteiger partial charge is 0.371 e. The van der Waals surface area contributed by atoms with Crippen LogP contribution in [0.15, 0.2) is 47.9 Å². The topological polar surface area (TPSA) is 124 Å². The average molecular weight is 435 g/mol. The molecule has 9 nitrogen and oxygen atoms in total. The molecule has 0 aliphatic carbocycles. The highest BCUT2D eigenvalue weighted by atomic mass is 32.2. The smallest absolute Gasteiger partial charge is 0.271 e. The van der Waals surface area contributed by atoms with E-state index in [9.17, 15) is 4.79 Å². The number of aromatic nitrogens is 5. The van der Waals surface area contributed by atoms with Gasteiger partial charge in [-0.15, -0.1) is 11.8 Å². The zero-order chi connectivity index (χ0) is 22.0. The van der Waals surface area contributed by atoms with Crippen LogP contribution >= 0.6 is 11.8 Å². The fourth-order valence-electron chi connectivity index (χ4n) is 3.21. The first-order chi connectivity index (χ1) is 15.0. The molecule has 4 rings (SSSR count). The van der Waals surface area contributed by atoms with E-state index in [-0.39, 0.29) is 11.5 Å². The summed E-state index contributed by atoms with van der Waals surface area (Å²) in [4.78, 5) is 31.3. The van der Waals surface area contributed by atoms with E-state index in [1.165, 1.54) is 0 Å². The summed E-state index contributed by atoms with van der Waals surface area (Å²) in [6.07, 6.45) is 5.08. The van der Waals surface area contributed by atoms with Gasteiger partial charge in [-0.05, 0) is 30.0 Å². The van der Waals surface area contributed by atoms with Crippen molar-refractivity contribution in [1.82, 2.24) is 24.5 Å². The molecular formula is C21H22N8OS. The maximum Gasteiger partial charge on any atom is 0.271 e. The molecule has 0 saturated carbocycles. The molecule has 0 bridgehead atoms. The van der Waals surface area contributed by atoms with Crippen molar-refractivity contribution in [3.05, 3.63) is 48.7 Å². The van der Waals surface area contributed by atoms with Crippen molar-refractivity contribution in [3.63, 3.8) is 0 Å². The lowest BCUT2D eigenvalue weighted by atomic mass is 10.1. The minimum absolute atomic E-state index is 0.0361. The number of rotatable bonds is 7. The van der Waals surface area contributed by atoms with Crippen molar-refractivity contribution in [2.45, 2.75) is 11.8 Å². The van der Waals surface area contributed by atoms with Crippen LogP contribution in [0.2, 0.25) is 0 Å². The third-order valence-electron chi connectivity index (χ3n) is 4.69.